The minimum Gasteiger partial charge on any atom is -0.497 e. The first kappa shape index (κ1) is 19.3. The van der Waals surface area contributed by atoms with Crippen molar-refractivity contribution in [1.82, 2.24) is 5.32 Å². The standard InChI is InChI=1S/C21H21NO6/c1-25-16-6-4-5-15(11-16)9-10-21(24)27-14-20(23)22-12-17-13-26-18-7-2-3-8-19(18)28-17/h2-11,17H,12-14H2,1H3,(H,22,23)/b10-9+/t17-/m0/s1. The largest absolute Gasteiger partial charge is 0.497 e. The van der Waals surface area contributed by atoms with Gasteiger partial charge in [0.1, 0.15) is 18.5 Å². The lowest BCUT2D eigenvalue weighted by Crippen LogP contribution is -2.42. The molecule has 0 spiro atoms. The number of benzene rings is 2. The predicted octanol–water partition coefficient (Wildman–Crippen LogP) is 2.21. The minimum absolute atomic E-state index is 0.254. The molecule has 146 valence electrons. The number of ether oxygens (including phenoxy) is 4. The summed E-state index contributed by atoms with van der Waals surface area (Å²) in [6.07, 6.45) is 2.55. The number of fused-ring (bicyclic) bond motifs is 1. The quantitative estimate of drug-likeness (QED) is 0.583. The zero-order chi connectivity index (χ0) is 19.8. The number of hydrogen-bond acceptors (Lipinski definition) is 6. The number of nitrogens with one attached hydrogen (secondary N) is 1. The van der Waals surface area contributed by atoms with Crippen LogP contribution in [0.1, 0.15) is 5.56 Å². The van der Waals surface area contributed by atoms with Gasteiger partial charge in [-0.05, 0) is 35.9 Å². The predicted molar refractivity (Wildman–Crippen MR) is 102 cm³/mol. The summed E-state index contributed by atoms with van der Waals surface area (Å²) in [4.78, 5) is 23.6. The maximum Gasteiger partial charge on any atom is 0.331 e. The molecule has 0 unspecified atom stereocenters. The maximum atomic E-state index is 11.9. The van der Waals surface area contributed by atoms with Gasteiger partial charge in [-0.1, -0.05) is 24.3 Å². The topological polar surface area (TPSA) is 83.1 Å². The average Bonchev–Trinajstić information content (AvgIpc) is 2.74. The van der Waals surface area contributed by atoms with Gasteiger partial charge in [0.25, 0.3) is 5.91 Å². The van der Waals surface area contributed by atoms with Crippen LogP contribution < -0.4 is 19.5 Å². The first-order chi connectivity index (χ1) is 13.6. The molecule has 2 aromatic carbocycles. The molecule has 1 N–H and O–H groups in total. The molecule has 1 atom stereocenters. The number of hydrogen-bond donors (Lipinski definition) is 1. The maximum absolute atomic E-state index is 11.9. The van der Waals surface area contributed by atoms with Crippen LogP contribution in [0.2, 0.25) is 0 Å². The fourth-order valence-corrected chi connectivity index (χ4v) is 2.54. The van der Waals surface area contributed by atoms with E-state index in [1.165, 1.54) is 6.08 Å². The third kappa shape index (κ3) is 5.51. The van der Waals surface area contributed by atoms with Gasteiger partial charge in [-0.3, -0.25) is 4.79 Å². The Hall–Kier alpha value is -3.48. The molecule has 0 radical (unpaired) electrons. The lowest BCUT2D eigenvalue weighted by molar-refractivity contribution is -0.143. The molecule has 1 aliphatic heterocycles. The van der Waals surface area contributed by atoms with Crippen LogP contribution in [0.25, 0.3) is 6.08 Å². The number of esters is 1. The molecule has 0 saturated carbocycles. The van der Waals surface area contributed by atoms with Gasteiger partial charge in [0.05, 0.1) is 13.7 Å². The molecule has 28 heavy (non-hydrogen) atoms. The fourth-order valence-electron chi connectivity index (χ4n) is 2.54. The molecule has 1 heterocycles. The van der Waals surface area contributed by atoms with Gasteiger partial charge in [0.15, 0.2) is 18.1 Å². The molecule has 0 saturated heterocycles. The lowest BCUT2D eigenvalue weighted by atomic mass is 10.2. The van der Waals surface area contributed by atoms with Crippen LogP contribution in [0.15, 0.2) is 54.6 Å². The van der Waals surface area contributed by atoms with E-state index >= 15 is 0 Å². The molecule has 0 fully saturated rings. The van der Waals surface area contributed by atoms with Crippen molar-refractivity contribution in [3.63, 3.8) is 0 Å². The van der Waals surface area contributed by atoms with Crippen molar-refractivity contribution < 1.29 is 28.5 Å². The average molecular weight is 383 g/mol. The van der Waals surface area contributed by atoms with Gasteiger partial charge in [0, 0.05) is 6.08 Å². The summed E-state index contributed by atoms with van der Waals surface area (Å²) in [5.41, 5.74) is 0.787. The van der Waals surface area contributed by atoms with E-state index in [0.717, 1.165) is 5.56 Å². The molecule has 1 aliphatic rings. The normalized spacial score (nSPS) is 15.1. The Morgan fingerprint density at radius 2 is 2.00 bits per heavy atom. The Morgan fingerprint density at radius 3 is 2.82 bits per heavy atom. The van der Waals surface area contributed by atoms with Gasteiger partial charge in [-0.2, -0.15) is 0 Å². The van der Waals surface area contributed by atoms with Crippen molar-refractivity contribution in [2.75, 3.05) is 26.9 Å². The molecule has 0 bridgehead atoms. The fraction of sp³-hybridized carbons (Fsp3) is 0.238. The SMILES string of the molecule is COc1cccc(/C=C/C(=O)OCC(=O)NC[C@H]2COc3ccccc3O2)c1. The number of rotatable bonds is 7. The minimum atomic E-state index is -0.607. The zero-order valence-electron chi connectivity index (χ0n) is 15.4. The molecule has 7 heteroatoms. The number of carbonyl (C=O) groups is 2. The molecule has 0 aliphatic carbocycles. The van der Waals surface area contributed by atoms with E-state index < -0.39 is 11.9 Å². The molecular weight excluding hydrogens is 362 g/mol. The summed E-state index contributed by atoms with van der Waals surface area (Å²) in [6.45, 7) is 0.218. The van der Waals surface area contributed by atoms with Gasteiger partial charge in [-0.25, -0.2) is 4.79 Å². The smallest absolute Gasteiger partial charge is 0.331 e. The van der Waals surface area contributed by atoms with Crippen molar-refractivity contribution in [1.29, 1.82) is 0 Å². The highest BCUT2D eigenvalue weighted by molar-refractivity contribution is 5.89. The summed E-state index contributed by atoms with van der Waals surface area (Å²) in [5, 5.41) is 2.67. The summed E-state index contributed by atoms with van der Waals surface area (Å²) < 4.78 is 21.4. The number of para-hydroxylation sites is 2. The monoisotopic (exact) mass is 383 g/mol. The van der Waals surface area contributed by atoms with Crippen LogP contribution in [0.4, 0.5) is 0 Å². The Morgan fingerprint density at radius 1 is 1.18 bits per heavy atom. The number of carbonyl (C=O) groups excluding carboxylic acids is 2. The number of methoxy groups -OCH3 is 1. The van der Waals surface area contributed by atoms with Crippen molar-refractivity contribution in [2.45, 2.75) is 6.10 Å². The van der Waals surface area contributed by atoms with Crippen molar-refractivity contribution >= 4 is 18.0 Å². The second-order valence-corrected chi connectivity index (χ2v) is 6.02. The van der Waals surface area contributed by atoms with E-state index in [1.54, 1.807) is 31.4 Å². The van der Waals surface area contributed by atoms with Crippen molar-refractivity contribution in [3.8, 4) is 17.2 Å². The van der Waals surface area contributed by atoms with Gasteiger partial charge >= 0.3 is 5.97 Å². The highest BCUT2D eigenvalue weighted by Gasteiger charge is 2.21. The number of amides is 1. The lowest BCUT2D eigenvalue weighted by Gasteiger charge is -2.26. The molecule has 2 aromatic rings. The van der Waals surface area contributed by atoms with Gasteiger partial charge < -0.3 is 24.3 Å². The van der Waals surface area contributed by atoms with E-state index in [9.17, 15) is 9.59 Å². The van der Waals surface area contributed by atoms with Crippen LogP contribution in [-0.4, -0.2) is 44.8 Å². The van der Waals surface area contributed by atoms with Crippen LogP contribution in [-0.2, 0) is 14.3 Å². The van der Waals surface area contributed by atoms with E-state index in [-0.39, 0.29) is 19.3 Å². The second-order valence-electron chi connectivity index (χ2n) is 6.02. The Balaban J connectivity index is 1.38. The zero-order valence-corrected chi connectivity index (χ0v) is 15.4. The Kier molecular flexibility index (Phi) is 6.51. The van der Waals surface area contributed by atoms with Crippen molar-refractivity contribution in [2.24, 2.45) is 0 Å². The van der Waals surface area contributed by atoms with Crippen LogP contribution in [0, 0.1) is 0 Å². The molecular formula is C21H21NO6. The molecule has 0 aromatic heterocycles. The molecule has 3 rings (SSSR count). The van der Waals surface area contributed by atoms with E-state index in [2.05, 4.69) is 5.32 Å². The first-order valence-corrected chi connectivity index (χ1v) is 8.78. The van der Waals surface area contributed by atoms with Crippen LogP contribution in [0.3, 0.4) is 0 Å². The summed E-state index contributed by atoms with van der Waals surface area (Å²) in [7, 11) is 1.57. The highest BCUT2D eigenvalue weighted by atomic mass is 16.6. The van der Waals surface area contributed by atoms with E-state index in [4.69, 9.17) is 18.9 Å². The molecule has 1 amide bonds. The van der Waals surface area contributed by atoms with Crippen molar-refractivity contribution in [3.05, 3.63) is 60.2 Å². The highest BCUT2D eigenvalue weighted by Crippen LogP contribution is 2.30. The van der Waals surface area contributed by atoms with Gasteiger partial charge in [0.2, 0.25) is 0 Å². The van der Waals surface area contributed by atoms with E-state index in [0.29, 0.717) is 23.9 Å². The summed E-state index contributed by atoms with van der Waals surface area (Å²) >= 11 is 0. The third-order valence-corrected chi connectivity index (χ3v) is 3.95. The Bertz CT molecular complexity index is 863. The second kappa shape index (κ2) is 9.45. The summed E-state index contributed by atoms with van der Waals surface area (Å²) in [6, 6.07) is 14.6. The molecule has 7 nitrogen and oxygen atoms in total. The Labute approximate surface area is 162 Å². The van der Waals surface area contributed by atoms with Gasteiger partial charge in [-0.15, -0.1) is 0 Å². The van der Waals surface area contributed by atoms with Crippen LogP contribution in [0.5, 0.6) is 17.2 Å². The first-order valence-electron chi connectivity index (χ1n) is 8.78. The third-order valence-electron chi connectivity index (χ3n) is 3.95. The summed E-state index contributed by atoms with van der Waals surface area (Å²) in [5.74, 6) is 0.991. The van der Waals surface area contributed by atoms with Crippen LogP contribution >= 0.6 is 0 Å². The van der Waals surface area contributed by atoms with E-state index in [1.807, 2.05) is 30.3 Å².